The molecule has 0 aliphatic heterocycles. The van der Waals surface area contributed by atoms with Gasteiger partial charge in [0.25, 0.3) is 0 Å². The number of ether oxygens (including phenoxy) is 1. The van der Waals surface area contributed by atoms with Crippen LogP contribution in [0.4, 0.5) is 0 Å². The smallest absolute Gasteiger partial charge is 0.310 e. The van der Waals surface area contributed by atoms with Crippen LogP contribution in [0, 0.1) is 19.3 Å². The molecule has 0 heterocycles. The van der Waals surface area contributed by atoms with Crippen LogP contribution in [0.3, 0.4) is 0 Å². The van der Waals surface area contributed by atoms with Crippen LogP contribution in [0.25, 0.3) is 5.57 Å². The first-order chi connectivity index (χ1) is 17.7. The fourth-order valence-corrected chi connectivity index (χ4v) is 5.50. The minimum absolute atomic E-state index is 0.0831. The number of esters is 1. The topological polar surface area (TPSA) is 43.4 Å². The zero-order chi connectivity index (χ0) is 27.1. The summed E-state index contributed by atoms with van der Waals surface area (Å²) in [5, 5.41) is 0. The molecule has 3 heteroatoms. The molecule has 3 nitrogen and oxygen atoms in total. The Morgan fingerprint density at radius 2 is 1.30 bits per heavy atom. The zero-order valence-electron chi connectivity index (χ0n) is 24.7. The van der Waals surface area contributed by atoms with Crippen LogP contribution in [-0.2, 0) is 14.3 Å². The van der Waals surface area contributed by atoms with E-state index < -0.39 is 0 Å². The summed E-state index contributed by atoms with van der Waals surface area (Å²) in [5.74, 6) is 0.457. The van der Waals surface area contributed by atoms with Crippen molar-refractivity contribution in [1.29, 1.82) is 0 Å². The van der Waals surface area contributed by atoms with Crippen LogP contribution < -0.4 is 0 Å². The van der Waals surface area contributed by atoms with Gasteiger partial charge in [0.2, 0.25) is 0 Å². The number of Topliss-reactive ketones (excluding diaryl/α,β-unsaturated/α-hetero) is 1. The molecule has 0 radical (unpaired) electrons. The van der Waals surface area contributed by atoms with E-state index in [4.69, 9.17) is 4.74 Å². The molecule has 0 saturated heterocycles. The molecule has 0 fully saturated rings. The van der Waals surface area contributed by atoms with E-state index in [-0.39, 0.29) is 17.2 Å². The Hall–Kier alpha value is -1.90. The minimum atomic E-state index is -0.196. The number of hydrogen-bond acceptors (Lipinski definition) is 3. The van der Waals surface area contributed by atoms with E-state index in [9.17, 15) is 9.59 Å². The number of allylic oxidation sites excluding steroid dienone is 2. The molecule has 0 saturated carbocycles. The summed E-state index contributed by atoms with van der Waals surface area (Å²) in [6.07, 6.45) is 21.1. The summed E-state index contributed by atoms with van der Waals surface area (Å²) < 4.78 is 5.90. The molecule has 0 bridgehead atoms. The third-order valence-electron chi connectivity index (χ3n) is 7.93. The van der Waals surface area contributed by atoms with E-state index in [0.29, 0.717) is 30.6 Å². The highest BCUT2D eigenvalue weighted by atomic mass is 16.5. The Balaban J connectivity index is 1.68. The first kappa shape index (κ1) is 31.3. The van der Waals surface area contributed by atoms with Gasteiger partial charge in [0, 0.05) is 19.3 Å². The first-order valence-electron chi connectivity index (χ1n) is 15.3. The van der Waals surface area contributed by atoms with E-state index in [1.54, 1.807) is 0 Å². The van der Waals surface area contributed by atoms with Crippen molar-refractivity contribution in [3.63, 3.8) is 0 Å². The standard InChI is InChI=1S/C34H54O3/c1-6-7-8-9-10-11-12-13-14-15-16-17-18-19-20-24-32(36)37-31-26-34(4,5)25-30(35)33(31)29-23-21-22-27(2)28(29)3/h21-23H,6-20,24-26H2,1-5H3. The summed E-state index contributed by atoms with van der Waals surface area (Å²) in [6.45, 7) is 10.5. The number of aryl methyl sites for hydroxylation is 1. The second kappa shape index (κ2) is 16.8. The van der Waals surface area contributed by atoms with Gasteiger partial charge in [-0.2, -0.15) is 0 Å². The summed E-state index contributed by atoms with van der Waals surface area (Å²) in [5.41, 5.74) is 3.57. The molecule has 0 spiro atoms. The maximum Gasteiger partial charge on any atom is 0.310 e. The highest BCUT2D eigenvalue weighted by Gasteiger charge is 2.36. The molecule has 1 aromatic rings. The number of carbonyl (C=O) groups excluding carboxylic acids is 2. The van der Waals surface area contributed by atoms with Gasteiger partial charge < -0.3 is 4.74 Å². The van der Waals surface area contributed by atoms with Crippen molar-refractivity contribution in [2.75, 3.05) is 0 Å². The summed E-state index contributed by atoms with van der Waals surface area (Å²) in [7, 11) is 0. The average molecular weight is 511 g/mol. The molecule has 2 rings (SSSR count). The van der Waals surface area contributed by atoms with Crippen LogP contribution in [0.2, 0.25) is 0 Å². The van der Waals surface area contributed by atoms with E-state index in [2.05, 4.69) is 33.8 Å². The van der Waals surface area contributed by atoms with Gasteiger partial charge in [-0.15, -0.1) is 0 Å². The maximum atomic E-state index is 13.1. The van der Waals surface area contributed by atoms with Crippen molar-refractivity contribution in [2.45, 2.75) is 150 Å². The fourth-order valence-electron chi connectivity index (χ4n) is 5.50. The van der Waals surface area contributed by atoms with Gasteiger partial charge in [0.15, 0.2) is 5.78 Å². The van der Waals surface area contributed by atoms with Gasteiger partial charge in [-0.3, -0.25) is 9.59 Å². The van der Waals surface area contributed by atoms with E-state index >= 15 is 0 Å². The van der Waals surface area contributed by atoms with Crippen LogP contribution in [-0.4, -0.2) is 11.8 Å². The number of ketones is 1. The molecule has 0 aromatic heterocycles. The lowest BCUT2D eigenvalue weighted by Crippen LogP contribution is -2.27. The summed E-state index contributed by atoms with van der Waals surface area (Å²) in [6, 6.07) is 6.02. The Morgan fingerprint density at radius 1 is 0.784 bits per heavy atom. The number of rotatable bonds is 18. The van der Waals surface area contributed by atoms with Crippen LogP contribution in [0.15, 0.2) is 24.0 Å². The van der Waals surface area contributed by atoms with Crippen LogP contribution >= 0.6 is 0 Å². The lowest BCUT2D eigenvalue weighted by Gasteiger charge is -2.32. The maximum absolute atomic E-state index is 13.1. The second-order valence-electron chi connectivity index (χ2n) is 12.2. The third-order valence-corrected chi connectivity index (χ3v) is 7.93. The second-order valence-corrected chi connectivity index (χ2v) is 12.2. The molecular weight excluding hydrogens is 456 g/mol. The third kappa shape index (κ3) is 11.6. The Kier molecular flexibility index (Phi) is 14.3. The SMILES string of the molecule is CCCCCCCCCCCCCCCCCC(=O)OC1=C(c2cccc(C)c2C)C(=O)CC(C)(C)C1. The monoisotopic (exact) mass is 510 g/mol. The normalized spacial score (nSPS) is 15.3. The molecule has 0 N–H and O–H groups in total. The van der Waals surface area contributed by atoms with Crippen molar-refractivity contribution in [3.05, 3.63) is 40.6 Å². The zero-order valence-corrected chi connectivity index (χ0v) is 24.7. The number of hydrogen-bond donors (Lipinski definition) is 0. The van der Waals surface area contributed by atoms with Crippen molar-refractivity contribution in [2.24, 2.45) is 5.41 Å². The van der Waals surface area contributed by atoms with Crippen LogP contribution in [0.1, 0.15) is 153 Å². The van der Waals surface area contributed by atoms with Gasteiger partial charge in [0.05, 0.1) is 5.57 Å². The predicted molar refractivity (Wildman–Crippen MR) is 156 cm³/mol. The van der Waals surface area contributed by atoms with Gasteiger partial charge in [-0.1, -0.05) is 129 Å². The number of carbonyl (C=O) groups is 2. The molecule has 0 atom stereocenters. The van der Waals surface area contributed by atoms with E-state index in [1.165, 1.54) is 83.5 Å². The molecule has 37 heavy (non-hydrogen) atoms. The van der Waals surface area contributed by atoms with Gasteiger partial charge >= 0.3 is 5.97 Å². The van der Waals surface area contributed by atoms with E-state index in [0.717, 1.165) is 29.5 Å². The summed E-state index contributed by atoms with van der Waals surface area (Å²) >= 11 is 0. The van der Waals surface area contributed by atoms with E-state index in [1.807, 2.05) is 19.1 Å². The highest BCUT2D eigenvalue weighted by molar-refractivity contribution is 6.22. The Labute approximate surface area is 227 Å². The molecular formula is C34H54O3. The predicted octanol–water partition coefficient (Wildman–Crippen LogP) is 10.2. The highest BCUT2D eigenvalue weighted by Crippen LogP contribution is 2.42. The molecule has 208 valence electrons. The van der Waals surface area contributed by atoms with Gasteiger partial charge in [-0.25, -0.2) is 0 Å². The molecule has 1 aromatic carbocycles. The Bertz CT molecular complexity index is 877. The fraction of sp³-hybridized carbons (Fsp3) is 0.706. The average Bonchev–Trinajstić information content (AvgIpc) is 2.83. The van der Waals surface area contributed by atoms with Crippen LogP contribution in [0.5, 0.6) is 0 Å². The lowest BCUT2D eigenvalue weighted by molar-refractivity contribution is -0.140. The molecule has 0 unspecified atom stereocenters. The molecule has 1 aliphatic rings. The Morgan fingerprint density at radius 3 is 1.84 bits per heavy atom. The van der Waals surface area contributed by atoms with Crippen molar-refractivity contribution in [3.8, 4) is 0 Å². The number of unbranched alkanes of at least 4 members (excludes halogenated alkanes) is 14. The first-order valence-corrected chi connectivity index (χ1v) is 15.3. The van der Waals surface area contributed by atoms with Crippen molar-refractivity contribution in [1.82, 2.24) is 0 Å². The van der Waals surface area contributed by atoms with Gasteiger partial charge in [0.1, 0.15) is 5.76 Å². The lowest BCUT2D eigenvalue weighted by atomic mass is 9.74. The number of benzene rings is 1. The van der Waals surface area contributed by atoms with Crippen molar-refractivity contribution >= 4 is 17.3 Å². The van der Waals surface area contributed by atoms with Gasteiger partial charge in [-0.05, 0) is 42.4 Å². The quantitative estimate of drug-likeness (QED) is 0.146. The largest absolute Gasteiger partial charge is 0.430 e. The molecule has 1 aliphatic carbocycles. The summed E-state index contributed by atoms with van der Waals surface area (Å²) in [4.78, 5) is 25.8. The minimum Gasteiger partial charge on any atom is -0.430 e. The van der Waals surface area contributed by atoms with Crippen molar-refractivity contribution < 1.29 is 14.3 Å². The molecule has 0 amide bonds.